The zero-order valence-electron chi connectivity index (χ0n) is 11.7. The van der Waals surface area contributed by atoms with Gasteiger partial charge in [-0.3, -0.25) is 4.79 Å². The Balaban J connectivity index is 1.70. The van der Waals surface area contributed by atoms with Gasteiger partial charge in [0.2, 0.25) is 5.91 Å². The van der Waals surface area contributed by atoms with E-state index in [-0.39, 0.29) is 17.2 Å². The summed E-state index contributed by atoms with van der Waals surface area (Å²) in [5.41, 5.74) is 1.35. The second-order valence-corrected chi connectivity index (χ2v) is 5.83. The highest BCUT2D eigenvalue weighted by molar-refractivity contribution is 5.80. The maximum absolute atomic E-state index is 12.1. The van der Waals surface area contributed by atoms with Crippen LogP contribution in [0.3, 0.4) is 0 Å². The summed E-state index contributed by atoms with van der Waals surface area (Å²) >= 11 is 0. The molecule has 1 amide bonds. The average molecular weight is 274 g/mol. The summed E-state index contributed by atoms with van der Waals surface area (Å²) in [4.78, 5) is 12.1. The Morgan fingerprint density at radius 1 is 1.25 bits per heavy atom. The summed E-state index contributed by atoms with van der Waals surface area (Å²) in [7, 11) is 0. The van der Waals surface area contributed by atoms with Gasteiger partial charge in [0.05, 0.1) is 5.92 Å². The summed E-state index contributed by atoms with van der Waals surface area (Å²) in [6.07, 6.45) is 1.94. The van der Waals surface area contributed by atoms with E-state index in [0.717, 1.165) is 45.7 Å². The van der Waals surface area contributed by atoms with E-state index in [2.05, 4.69) is 34.9 Å². The van der Waals surface area contributed by atoms with Gasteiger partial charge in [0.25, 0.3) is 0 Å². The van der Waals surface area contributed by atoms with E-state index in [4.69, 9.17) is 4.74 Å². The molecule has 0 bridgehead atoms. The van der Waals surface area contributed by atoms with Crippen LogP contribution in [-0.4, -0.2) is 38.8 Å². The minimum atomic E-state index is 0.0341. The van der Waals surface area contributed by atoms with Crippen molar-refractivity contribution in [1.82, 2.24) is 10.6 Å². The first-order chi connectivity index (χ1) is 9.80. The largest absolute Gasteiger partial charge is 0.381 e. The van der Waals surface area contributed by atoms with Crippen molar-refractivity contribution in [2.45, 2.75) is 18.3 Å². The number of hydrogen-bond donors (Lipinski definition) is 2. The second kappa shape index (κ2) is 5.94. The smallest absolute Gasteiger partial charge is 0.225 e. The van der Waals surface area contributed by atoms with Crippen molar-refractivity contribution in [1.29, 1.82) is 0 Å². The SMILES string of the molecule is O=C(NCC1(c2ccccc2)CCOCC1)C1CNC1. The van der Waals surface area contributed by atoms with Crippen molar-refractivity contribution in [2.75, 3.05) is 32.8 Å². The van der Waals surface area contributed by atoms with E-state index in [1.54, 1.807) is 0 Å². The lowest BCUT2D eigenvalue weighted by atomic mass is 9.74. The van der Waals surface area contributed by atoms with Crippen molar-refractivity contribution < 1.29 is 9.53 Å². The van der Waals surface area contributed by atoms with Gasteiger partial charge in [-0.05, 0) is 18.4 Å². The van der Waals surface area contributed by atoms with Crippen molar-refractivity contribution in [3.63, 3.8) is 0 Å². The molecule has 2 N–H and O–H groups in total. The zero-order valence-corrected chi connectivity index (χ0v) is 11.7. The standard InChI is InChI=1S/C16H22N2O2/c19-15(13-10-17-11-13)18-12-16(6-8-20-9-7-16)14-4-2-1-3-5-14/h1-5,13,17H,6-12H2,(H,18,19). The third-order valence-electron chi connectivity index (χ3n) is 4.59. The van der Waals surface area contributed by atoms with Gasteiger partial charge >= 0.3 is 0 Å². The lowest BCUT2D eigenvalue weighted by Crippen LogP contribution is -2.53. The van der Waals surface area contributed by atoms with Crippen molar-refractivity contribution in [3.05, 3.63) is 35.9 Å². The molecule has 4 nitrogen and oxygen atoms in total. The third kappa shape index (κ3) is 2.72. The molecule has 0 aliphatic carbocycles. The molecule has 2 fully saturated rings. The van der Waals surface area contributed by atoms with Crippen molar-refractivity contribution >= 4 is 5.91 Å². The van der Waals surface area contributed by atoms with E-state index >= 15 is 0 Å². The molecule has 2 heterocycles. The molecule has 0 spiro atoms. The topological polar surface area (TPSA) is 50.4 Å². The van der Waals surface area contributed by atoms with Crippen LogP contribution in [0.1, 0.15) is 18.4 Å². The van der Waals surface area contributed by atoms with Crippen LogP contribution in [0.4, 0.5) is 0 Å². The van der Waals surface area contributed by atoms with Gasteiger partial charge in [-0.2, -0.15) is 0 Å². The van der Waals surface area contributed by atoms with E-state index in [1.165, 1.54) is 5.56 Å². The van der Waals surface area contributed by atoms with E-state index in [9.17, 15) is 4.79 Å². The number of carbonyl (C=O) groups is 1. The summed E-state index contributed by atoms with van der Waals surface area (Å²) in [6.45, 7) is 3.89. The molecule has 0 atom stereocenters. The van der Waals surface area contributed by atoms with Crippen LogP contribution < -0.4 is 10.6 Å². The predicted octanol–water partition coefficient (Wildman–Crippen LogP) is 1.07. The van der Waals surface area contributed by atoms with E-state index in [0.29, 0.717) is 0 Å². The predicted molar refractivity (Wildman–Crippen MR) is 77.5 cm³/mol. The summed E-state index contributed by atoms with van der Waals surface area (Å²) < 4.78 is 5.51. The highest BCUT2D eigenvalue weighted by Gasteiger charge is 2.35. The molecule has 3 rings (SSSR count). The van der Waals surface area contributed by atoms with E-state index in [1.807, 2.05) is 6.07 Å². The maximum atomic E-state index is 12.1. The first-order valence-electron chi connectivity index (χ1n) is 7.42. The minimum absolute atomic E-state index is 0.0341. The molecular weight excluding hydrogens is 252 g/mol. The van der Waals surface area contributed by atoms with Gasteiger partial charge < -0.3 is 15.4 Å². The number of hydrogen-bond acceptors (Lipinski definition) is 3. The average Bonchev–Trinajstić information content (AvgIpc) is 2.45. The third-order valence-corrected chi connectivity index (χ3v) is 4.59. The molecule has 20 heavy (non-hydrogen) atoms. The van der Waals surface area contributed by atoms with Crippen LogP contribution >= 0.6 is 0 Å². The number of benzene rings is 1. The molecule has 1 aromatic carbocycles. The number of amides is 1. The van der Waals surface area contributed by atoms with E-state index < -0.39 is 0 Å². The second-order valence-electron chi connectivity index (χ2n) is 5.83. The molecule has 108 valence electrons. The molecular formula is C16H22N2O2. The number of rotatable bonds is 4. The molecule has 0 aromatic heterocycles. The van der Waals surface area contributed by atoms with Gasteiger partial charge in [0, 0.05) is 38.3 Å². The van der Waals surface area contributed by atoms with Crippen molar-refractivity contribution in [3.8, 4) is 0 Å². The quantitative estimate of drug-likeness (QED) is 0.863. The van der Waals surface area contributed by atoms with Crippen LogP contribution in [0.5, 0.6) is 0 Å². The van der Waals surface area contributed by atoms with Crippen LogP contribution in [0.25, 0.3) is 0 Å². The zero-order chi connectivity index (χ0) is 13.8. The minimum Gasteiger partial charge on any atom is -0.381 e. The monoisotopic (exact) mass is 274 g/mol. The fourth-order valence-electron chi connectivity index (χ4n) is 3.00. The first-order valence-corrected chi connectivity index (χ1v) is 7.42. The molecule has 4 heteroatoms. The Morgan fingerprint density at radius 2 is 1.95 bits per heavy atom. The summed E-state index contributed by atoms with van der Waals surface area (Å²) in [6, 6.07) is 10.5. The molecule has 0 saturated carbocycles. The van der Waals surface area contributed by atoms with Crippen molar-refractivity contribution in [2.24, 2.45) is 5.92 Å². The highest BCUT2D eigenvalue weighted by atomic mass is 16.5. The first kappa shape index (κ1) is 13.6. The molecule has 2 aliphatic heterocycles. The Kier molecular flexibility index (Phi) is 4.03. The number of carbonyl (C=O) groups excluding carboxylic acids is 1. The summed E-state index contributed by atoms with van der Waals surface area (Å²) in [5.74, 6) is 0.341. The van der Waals surface area contributed by atoms with Gasteiger partial charge in [-0.25, -0.2) is 0 Å². The summed E-state index contributed by atoms with van der Waals surface area (Å²) in [5, 5.41) is 6.30. The molecule has 0 unspecified atom stereocenters. The Hall–Kier alpha value is -1.39. The fraction of sp³-hybridized carbons (Fsp3) is 0.562. The molecule has 1 aromatic rings. The maximum Gasteiger partial charge on any atom is 0.225 e. The Bertz CT molecular complexity index is 451. The van der Waals surface area contributed by atoms with Crippen LogP contribution in [-0.2, 0) is 14.9 Å². The van der Waals surface area contributed by atoms with Crippen LogP contribution in [0.2, 0.25) is 0 Å². The fourth-order valence-corrected chi connectivity index (χ4v) is 3.00. The molecule has 2 aliphatic rings. The molecule has 2 saturated heterocycles. The lowest BCUT2D eigenvalue weighted by molar-refractivity contribution is -0.126. The number of ether oxygens (including phenoxy) is 1. The molecule has 0 radical (unpaired) electrons. The van der Waals surface area contributed by atoms with Gasteiger partial charge in [0.15, 0.2) is 0 Å². The lowest BCUT2D eigenvalue weighted by Gasteiger charge is -2.38. The number of nitrogens with one attached hydrogen (secondary N) is 2. The Morgan fingerprint density at radius 3 is 2.55 bits per heavy atom. The normalized spacial score (nSPS) is 22.0. The van der Waals surface area contributed by atoms with Gasteiger partial charge in [-0.15, -0.1) is 0 Å². The Labute approximate surface area is 119 Å². The van der Waals surface area contributed by atoms with Gasteiger partial charge in [-0.1, -0.05) is 30.3 Å². The van der Waals surface area contributed by atoms with Crippen LogP contribution in [0.15, 0.2) is 30.3 Å². The highest BCUT2D eigenvalue weighted by Crippen LogP contribution is 2.34. The van der Waals surface area contributed by atoms with Crippen LogP contribution in [0, 0.1) is 5.92 Å². The van der Waals surface area contributed by atoms with Gasteiger partial charge in [0.1, 0.15) is 0 Å².